The monoisotopic (exact) mass is 230 g/mol. The molecular weight excluding hydrogens is 212 g/mol. The van der Waals surface area contributed by atoms with Gasteiger partial charge in [-0.25, -0.2) is 4.98 Å². The Kier molecular flexibility index (Phi) is 2.26. The summed E-state index contributed by atoms with van der Waals surface area (Å²) in [5, 5.41) is 0. The van der Waals surface area contributed by atoms with Gasteiger partial charge in [-0.15, -0.1) is 0 Å². The van der Waals surface area contributed by atoms with Crippen molar-refractivity contribution in [1.29, 1.82) is 0 Å². The molecule has 1 aromatic heterocycles. The molecule has 1 saturated carbocycles. The van der Waals surface area contributed by atoms with Crippen molar-refractivity contribution in [2.75, 3.05) is 0 Å². The molecule has 1 aliphatic carbocycles. The first-order chi connectivity index (χ1) is 8.09. The number of rotatable bonds is 1. The molecule has 1 heterocycles. The van der Waals surface area contributed by atoms with Crippen LogP contribution >= 0.6 is 0 Å². The number of fused-ring (bicyclic) bond motifs is 1. The van der Waals surface area contributed by atoms with Crippen LogP contribution in [-0.2, 0) is 5.41 Å². The number of oxazole rings is 1. The first kappa shape index (κ1) is 10.8. The SMILES string of the molecule is Cc1ccc2oc(C3(C)CCCC3N)nc2c1. The van der Waals surface area contributed by atoms with E-state index in [0.29, 0.717) is 0 Å². The van der Waals surface area contributed by atoms with E-state index in [1.807, 2.05) is 12.1 Å². The van der Waals surface area contributed by atoms with Crippen molar-refractivity contribution >= 4 is 11.1 Å². The van der Waals surface area contributed by atoms with Crippen molar-refractivity contribution in [1.82, 2.24) is 4.98 Å². The van der Waals surface area contributed by atoms with Crippen LogP contribution in [0.1, 0.15) is 37.6 Å². The number of aromatic nitrogens is 1. The molecule has 0 aliphatic heterocycles. The van der Waals surface area contributed by atoms with Gasteiger partial charge >= 0.3 is 0 Å². The van der Waals surface area contributed by atoms with Crippen molar-refractivity contribution in [3.05, 3.63) is 29.7 Å². The van der Waals surface area contributed by atoms with Gasteiger partial charge in [0.05, 0.1) is 5.41 Å². The average molecular weight is 230 g/mol. The molecule has 2 unspecified atom stereocenters. The highest BCUT2D eigenvalue weighted by Crippen LogP contribution is 2.40. The van der Waals surface area contributed by atoms with E-state index in [-0.39, 0.29) is 11.5 Å². The van der Waals surface area contributed by atoms with Gasteiger partial charge < -0.3 is 10.2 Å². The summed E-state index contributed by atoms with van der Waals surface area (Å²) in [5.41, 5.74) is 9.12. The molecule has 1 aliphatic rings. The van der Waals surface area contributed by atoms with Crippen molar-refractivity contribution in [3.63, 3.8) is 0 Å². The van der Waals surface area contributed by atoms with E-state index in [9.17, 15) is 0 Å². The van der Waals surface area contributed by atoms with Crippen molar-refractivity contribution in [2.24, 2.45) is 5.73 Å². The molecule has 1 fully saturated rings. The number of aryl methyl sites for hydroxylation is 1. The van der Waals surface area contributed by atoms with Gasteiger partial charge in [-0.2, -0.15) is 0 Å². The zero-order chi connectivity index (χ0) is 12.0. The maximum Gasteiger partial charge on any atom is 0.202 e. The van der Waals surface area contributed by atoms with E-state index < -0.39 is 0 Å². The highest BCUT2D eigenvalue weighted by Gasteiger charge is 2.42. The summed E-state index contributed by atoms with van der Waals surface area (Å²) in [7, 11) is 0. The molecule has 90 valence electrons. The zero-order valence-corrected chi connectivity index (χ0v) is 10.4. The lowest BCUT2D eigenvalue weighted by molar-refractivity contribution is 0.332. The summed E-state index contributed by atoms with van der Waals surface area (Å²) >= 11 is 0. The van der Waals surface area contributed by atoms with Gasteiger partial charge in [-0.1, -0.05) is 12.5 Å². The van der Waals surface area contributed by atoms with Crippen molar-refractivity contribution in [3.8, 4) is 0 Å². The molecule has 2 aromatic rings. The Balaban J connectivity index is 2.12. The summed E-state index contributed by atoms with van der Waals surface area (Å²) in [4.78, 5) is 4.63. The van der Waals surface area contributed by atoms with Crippen LogP contribution in [0.3, 0.4) is 0 Å². The molecule has 3 rings (SSSR count). The van der Waals surface area contributed by atoms with Gasteiger partial charge in [0.1, 0.15) is 5.52 Å². The fourth-order valence-electron chi connectivity index (χ4n) is 2.74. The normalized spacial score (nSPS) is 29.0. The van der Waals surface area contributed by atoms with Gasteiger partial charge in [0.2, 0.25) is 5.89 Å². The molecule has 0 amide bonds. The maximum atomic E-state index is 6.20. The Morgan fingerprint density at radius 1 is 1.47 bits per heavy atom. The van der Waals surface area contributed by atoms with Gasteiger partial charge in [0.25, 0.3) is 0 Å². The third kappa shape index (κ3) is 1.57. The van der Waals surface area contributed by atoms with E-state index >= 15 is 0 Å². The molecule has 0 saturated heterocycles. The van der Waals surface area contributed by atoms with E-state index in [1.54, 1.807) is 0 Å². The molecule has 0 spiro atoms. The first-order valence-corrected chi connectivity index (χ1v) is 6.23. The van der Waals surface area contributed by atoms with Crippen LogP contribution in [0.4, 0.5) is 0 Å². The standard InChI is InChI=1S/C14H18N2O/c1-9-5-6-11-10(8-9)16-13(17-11)14(2)7-3-4-12(14)15/h5-6,8,12H,3-4,7,15H2,1-2H3. The second-order valence-corrected chi connectivity index (χ2v) is 5.41. The minimum Gasteiger partial charge on any atom is -0.440 e. The van der Waals surface area contributed by atoms with E-state index in [2.05, 4.69) is 24.9 Å². The number of nitrogens with zero attached hydrogens (tertiary/aromatic N) is 1. The van der Waals surface area contributed by atoms with Crippen molar-refractivity contribution < 1.29 is 4.42 Å². The smallest absolute Gasteiger partial charge is 0.202 e. The molecule has 0 radical (unpaired) electrons. The molecule has 2 atom stereocenters. The lowest BCUT2D eigenvalue weighted by Gasteiger charge is -2.24. The molecule has 3 heteroatoms. The lowest BCUT2D eigenvalue weighted by Crippen LogP contribution is -2.38. The second kappa shape index (κ2) is 3.57. The quantitative estimate of drug-likeness (QED) is 0.819. The summed E-state index contributed by atoms with van der Waals surface area (Å²) < 4.78 is 5.89. The van der Waals surface area contributed by atoms with Gasteiger partial charge in [0.15, 0.2) is 5.58 Å². The highest BCUT2D eigenvalue weighted by atomic mass is 16.3. The van der Waals surface area contributed by atoms with Crippen LogP contribution in [0, 0.1) is 6.92 Å². The summed E-state index contributed by atoms with van der Waals surface area (Å²) in [6.45, 7) is 4.24. The fourth-order valence-corrected chi connectivity index (χ4v) is 2.74. The van der Waals surface area contributed by atoms with E-state index in [4.69, 9.17) is 10.2 Å². The van der Waals surface area contributed by atoms with Gasteiger partial charge in [-0.05, 0) is 44.4 Å². The minimum absolute atomic E-state index is 0.0904. The highest BCUT2D eigenvalue weighted by molar-refractivity contribution is 5.73. The summed E-state index contributed by atoms with van der Waals surface area (Å²) in [6.07, 6.45) is 3.30. The second-order valence-electron chi connectivity index (χ2n) is 5.41. The topological polar surface area (TPSA) is 52.0 Å². The maximum absolute atomic E-state index is 6.20. The van der Waals surface area contributed by atoms with Crippen LogP contribution in [0.5, 0.6) is 0 Å². The molecule has 17 heavy (non-hydrogen) atoms. The minimum atomic E-state index is -0.0904. The molecule has 3 nitrogen and oxygen atoms in total. The molecular formula is C14H18N2O. The van der Waals surface area contributed by atoms with Crippen molar-refractivity contribution in [2.45, 2.75) is 44.6 Å². The summed E-state index contributed by atoms with van der Waals surface area (Å²) in [6, 6.07) is 6.27. The number of hydrogen-bond acceptors (Lipinski definition) is 3. The third-order valence-electron chi connectivity index (χ3n) is 4.06. The molecule has 2 N–H and O–H groups in total. The van der Waals surface area contributed by atoms with Gasteiger partial charge in [0, 0.05) is 6.04 Å². The van der Waals surface area contributed by atoms with E-state index in [1.165, 1.54) is 5.56 Å². The number of benzene rings is 1. The Morgan fingerprint density at radius 3 is 3.00 bits per heavy atom. The Labute approximate surface area is 101 Å². The van der Waals surface area contributed by atoms with Crippen LogP contribution in [-0.4, -0.2) is 11.0 Å². The lowest BCUT2D eigenvalue weighted by atomic mass is 9.85. The van der Waals surface area contributed by atoms with Gasteiger partial charge in [-0.3, -0.25) is 0 Å². The van der Waals surface area contributed by atoms with Crippen LogP contribution in [0.25, 0.3) is 11.1 Å². The average Bonchev–Trinajstić information content (AvgIpc) is 2.84. The molecule has 1 aromatic carbocycles. The Morgan fingerprint density at radius 2 is 2.29 bits per heavy atom. The Bertz CT molecular complexity index is 560. The number of nitrogens with two attached hydrogens (primary N) is 1. The van der Waals surface area contributed by atoms with E-state index in [0.717, 1.165) is 36.3 Å². The summed E-state index contributed by atoms with van der Waals surface area (Å²) in [5.74, 6) is 0.808. The predicted octanol–water partition coefficient (Wildman–Crippen LogP) is 2.91. The third-order valence-corrected chi connectivity index (χ3v) is 4.06. The van der Waals surface area contributed by atoms with Crippen LogP contribution in [0.15, 0.2) is 22.6 Å². The van der Waals surface area contributed by atoms with Crippen LogP contribution < -0.4 is 5.73 Å². The molecule has 0 bridgehead atoms. The Hall–Kier alpha value is -1.35. The first-order valence-electron chi connectivity index (χ1n) is 6.23. The predicted molar refractivity (Wildman–Crippen MR) is 67.9 cm³/mol. The zero-order valence-electron chi connectivity index (χ0n) is 10.4. The fraction of sp³-hybridized carbons (Fsp3) is 0.500. The largest absolute Gasteiger partial charge is 0.440 e. The van der Waals surface area contributed by atoms with Crippen LogP contribution in [0.2, 0.25) is 0 Å². The number of hydrogen-bond donors (Lipinski definition) is 1.